The van der Waals surface area contributed by atoms with Gasteiger partial charge in [-0.2, -0.15) is 30.7 Å². The second-order valence-electron chi connectivity index (χ2n) is 4.34. The average Bonchev–Trinajstić information content (AvgIpc) is 2.11. The van der Waals surface area contributed by atoms with E-state index in [1.54, 1.807) is 0 Å². The van der Waals surface area contributed by atoms with Crippen LogP contribution in [-0.2, 0) is 9.09 Å². The van der Waals surface area contributed by atoms with Gasteiger partial charge < -0.3 is 9.79 Å². The third kappa shape index (κ3) is 4.57. The van der Waals surface area contributed by atoms with E-state index in [0.29, 0.717) is 6.92 Å². The molecule has 20 heavy (non-hydrogen) atoms. The first-order valence-corrected chi connectivity index (χ1v) is 6.59. The molecule has 0 aromatic rings. The summed E-state index contributed by atoms with van der Waals surface area (Å²) >= 11 is 0. The Kier molecular flexibility index (Phi) is 5.33. The lowest BCUT2D eigenvalue weighted by Crippen LogP contribution is -2.55. The molecule has 1 unspecified atom stereocenters. The molecule has 0 aliphatic carbocycles. The van der Waals surface area contributed by atoms with Crippen molar-refractivity contribution >= 4 is 7.82 Å². The van der Waals surface area contributed by atoms with Crippen LogP contribution in [-0.4, -0.2) is 33.4 Å². The standard InChI is InChI=1S/C8H12F7O4P/c1-3-5(2,19-20(16,17)18)4-6(9,10)7(11,12)8(13,14)15/h3-4H2,1-2H3,(H2,16,17,18). The summed E-state index contributed by atoms with van der Waals surface area (Å²) < 4.78 is 102. The van der Waals surface area contributed by atoms with Gasteiger partial charge in [-0.1, -0.05) is 6.92 Å². The Labute approximate surface area is 109 Å². The van der Waals surface area contributed by atoms with Crippen molar-refractivity contribution in [1.29, 1.82) is 0 Å². The minimum atomic E-state index is -6.51. The minimum Gasteiger partial charge on any atom is -0.303 e. The molecule has 1 atom stereocenters. The summed E-state index contributed by atoms with van der Waals surface area (Å²) in [5.74, 6) is -11.9. The van der Waals surface area contributed by atoms with Gasteiger partial charge in [-0.15, -0.1) is 0 Å². The fourth-order valence-electron chi connectivity index (χ4n) is 1.30. The maximum Gasteiger partial charge on any atom is 0.470 e. The number of rotatable bonds is 6. The summed E-state index contributed by atoms with van der Waals surface area (Å²) in [6.07, 6.45) is -9.34. The van der Waals surface area contributed by atoms with E-state index in [2.05, 4.69) is 4.52 Å². The largest absolute Gasteiger partial charge is 0.470 e. The third-order valence-electron chi connectivity index (χ3n) is 2.50. The summed E-state index contributed by atoms with van der Waals surface area (Å²) in [5.41, 5.74) is -2.56. The Balaban J connectivity index is 5.39. The van der Waals surface area contributed by atoms with Crippen molar-refractivity contribution in [3.63, 3.8) is 0 Å². The van der Waals surface area contributed by atoms with Crippen LogP contribution in [0, 0.1) is 0 Å². The van der Waals surface area contributed by atoms with Gasteiger partial charge in [-0.05, 0) is 13.3 Å². The Morgan fingerprint density at radius 3 is 1.70 bits per heavy atom. The lowest BCUT2D eigenvalue weighted by molar-refractivity contribution is -0.360. The van der Waals surface area contributed by atoms with Gasteiger partial charge in [0.25, 0.3) is 0 Å². The van der Waals surface area contributed by atoms with E-state index >= 15 is 0 Å². The van der Waals surface area contributed by atoms with Gasteiger partial charge in [0.2, 0.25) is 0 Å². The summed E-state index contributed by atoms with van der Waals surface area (Å²) in [4.78, 5) is 17.0. The highest BCUT2D eigenvalue weighted by atomic mass is 31.2. The molecule has 0 saturated heterocycles. The zero-order chi connectivity index (χ0) is 16.6. The monoisotopic (exact) mass is 336 g/mol. The Morgan fingerprint density at radius 2 is 1.45 bits per heavy atom. The molecule has 0 spiro atoms. The maximum atomic E-state index is 13.2. The molecule has 0 aliphatic rings. The Bertz CT molecular complexity index is 391. The lowest BCUT2D eigenvalue weighted by Gasteiger charge is -2.35. The highest BCUT2D eigenvalue weighted by Crippen LogP contribution is 2.53. The van der Waals surface area contributed by atoms with Crippen molar-refractivity contribution in [2.45, 2.75) is 50.3 Å². The van der Waals surface area contributed by atoms with Gasteiger partial charge in [-0.3, -0.25) is 4.52 Å². The van der Waals surface area contributed by atoms with Gasteiger partial charge >= 0.3 is 25.8 Å². The molecule has 0 saturated carbocycles. The molecule has 0 amide bonds. The Hall–Kier alpha value is -0.380. The second-order valence-corrected chi connectivity index (χ2v) is 5.50. The SMILES string of the molecule is CCC(C)(CC(F)(F)C(F)(F)C(F)(F)F)OP(=O)(O)O. The lowest BCUT2D eigenvalue weighted by atomic mass is 9.92. The van der Waals surface area contributed by atoms with E-state index in [1.807, 2.05) is 0 Å². The summed E-state index contributed by atoms with van der Waals surface area (Å²) in [6, 6.07) is 0. The van der Waals surface area contributed by atoms with E-state index in [0.717, 1.165) is 6.92 Å². The van der Waals surface area contributed by atoms with Gasteiger partial charge in [0.05, 0.1) is 5.60 Å². The molecule has 0 aromatic carbocycles. The van der Waals surface area contributed by atoms with E-state index in [-0.39, 0.29) is 0 Å². The van der Waals surface area contributed by atoms with Crippen LogP contribution in [0.3, 0.4) is 0 Å². The number of hydrogen-bond donors (Lipinski definition) is 2. The predicted octanol–water partition coefficient (Wildman–Crippen LogP) is 3.49. The summed E-state index contributed by atoms with van der Waals surface area (Å²) in [6.45, 7) is 1.64. The van der Waals surface area contributed by atoms with E-state index in [1.165, 1.54) is 0 Å². The van der Waals surface area contributed by atoms with Crippen molar-refractivity contribution in [2.24, 2.45) is 0 Å². The van der Waals surface area contributed by atoms with Crippen LogP contribution in [0.2, 0.25) is 0 Å². The second kappa shape index (κ2) is 5.43. The van der Waals surface area contributed by atoms with Crippen LogP contribution in [0.25, 0.3) is 0 Å². The first kappa shape index (κ1) is 19.6. The number of phosphoric acid groups is 1. The van der Waals surface area contributed by atoms with Crippen molar-refractivity contribution in [1.82, 2.24) is 0 Å². The highest BCUT2D eigenvalue weighted by molar-refractivity contribution is 7.46. The van der Waals surface area contributed by atoms with Crippen LogP contribution in [0.4, 0.5) is 30.7 Å². The minimum absolute atomic E-state index is 0.604. The van der Waals surface area contributed by atoms with Crippen LogP contribution in [0.15, 0.2) is 0 Å². The van der Waals surface area contributed by atoms with Crippen molar-refractivity contribution in [2.75, 3.05) is 0 Å². The van der Waals surface area contributed by atoms with Crippen LogP contribution in [0.5, 0.6) is 0 Å². The number of hydrogen-bond acceptors (Lipinski definition) is 2. The number of alkyl halides is 7. The molecule has 12 heteroatoms. The fraction of sp³-hybridized carbons (Fsp3) is 1.00. The molecule has 2 N–H and O–H groups in total. The van der Waals surface area contributed by atoms with Crippen molar-refractivity contribution in [3.05, 3.63) is 0 Å². The fourth-order valence-corrected chi connectivity index (χ4v) is 2.06. The molecule has 4 nitrogen and oxygen atoms in total. The summed E-state index contributed by atoms with van der Waals surface area (Å²) in [7, 11) is -5.34. The van der Waals surface area contributed by atoms with Crippen molar-refractivity contribution < 1.29 is 49.6 Å². The first-order chi connectivity index (χ1) is 8.47. The van der Waals surface area contributed by atoms with E-state index in [9.17, 15) is 35.3 Å². The molecular formula is C8H12F7O4P. The topological polar surface area (TPSA) is 66.8 Å². The molecule has 0 radical (unpaired) electrons. The quantitative estimate of drug-likeness (QED) is 0.576. The normalized spacial score (nSPS) is 17.9. The number of halogens is 7. The molecule has 0 aliphatic heterocycles. The zero-order valence-corrected chi connectivity index (χ0v) is 11.1. The summed E-state index contributed by atoms with van der Waals surface area (Å²) in [5, 5.41) is 0. The average molecular weight is 336 g/mol. The van der Waals surface area contributed by atoms with Gasteiger partial charge in [0.1, 0.15) is 0 Å². The van der Waals surface area contributed by atoms with Crippen LogP contribution < -0.4 is 0 Å². The Morgan fingerprint density at radius 1 is 1.05 bits per heavy atom. The molecule has 0 bridgehead atoms. The third-order valence-corrected chi connectivity index (χ3v) is 3.18. The molecule has 122 valence electrons. The van der Waals surface area contributed by atoms with Crippen LogP contribution >= 0.6 is 7.82 Å². The van der Waals surface area contributed by atoms with Gasteiger partial charge in [0, 0.05) is 6.42 Å². The van der Waals surface area contributed by atoms with Gasteiger partial charge in [0.15, 0.2) is 0 Å². The molecule has 0 rings (SSSR count). The zero-order valence-electron chi connectivity index (χ0n) is 10.2. The highest BCUT2D eigenvalue weighted by Gasteiger charge is 2.73. The van der Waals surface area contributed by atoms with E-state index in [4.69, 9.17) is 9.79 Å². The molecule has 0 fully saturated rings. The van der Waals surface area contributed by atoms with E-state index < -0.39 is 44.3 Å². The van der Waals surface area contributed by atoms with Crippen LogP contribution in [0.1, 0.15) is 26.7 Å². The van der Waals surface area contributed by atoms with Crippen molar-refractivity contribution in [3.8, 4) is 0 Å². The molecule has 0 aromatic heterocycles. The smallest absolute Gasteiger partial charge is 0.303 e. The maximum absolute atomic E-state index is 13.2. The molecule has 0 heterocycles. The predicted molar refractivity (Wildman–Crippen MR) is 52.4 cm³/mol. The van der Waals surface area contributed by atoms with Gasteiger partial charge in [-0.25, -0.2) is 4.57 Å². The first-order valence-electron chi connectivity index (χ1n) is 5.06. The molecular weight excluding hydrogens is 324 g/mol. The number of phosphoric ester groups is 1.